The van der Waals surface area contributed by atoms with E-state index < -0.39 is 0 Å². The quantitative estimate of drug-likeness (QED) is 0.733. The van der Waals surface area contributed by atoms with E-state index in [9.17, 15) is 4.79 Å². The molecule has 1 amide bonds. The second kappa shape index (κ2) is 4.03. The van der Waals surface area contributed by atoms with Gasteiger partial charge in [-0.15, -0.1) is 0 Å². The molecule has 0 radical (unpaired) electrons. The minimum atomic E-state index is -0.348. The lowest BCUT2D eigenvalue weighted by Crippen LogP contribution is -2.34. The molecule has 80 valence electrons. The number of rotatable bonds is 2. The number of nitrogens with zero attached hydrogens (tertiary/aromatic N) is 1. The summed E-state index contributed by atoms with van der Waals surface area (Å²) in [5.41, 5.74) is 2.49. The molecule has 3 nitrogen and oxygen atoms in total. The average molecular weight is 205 g/mol. The van der Waals surface area contributed by atoms with Gasteiger partial charge in [-0.25, -0.2) is 0 Å². The summed E-state index contributed by atoms with van der Waals surface area (Å²) in [5, 5.41) is 0. The van der Waals surface area contributed by atoms with Gasteiger partial charge in [-0.3, -0.25) is 4.79 Å². The van der Waals surface area contributed by atoms with Crippen LogP contribution in [0.1, 0.15) is 18.1 Å². The SMILES string of the molecule is COC(C)C(=O)N1Cc2ccccc2C1. The fraction of sp³-hybridized carbons (Fsp3) is 0.417. The Labute approximate surface area is 89.7 Å². The summed E-state index contributed by atoms with van der Waals surface area (Å²) in [7, 11) is 1.56. The number of carbonyl (C=O) groups is 1. The van der Waals surface area contributed by atoms with Gasteiger partial charge in [0.25, 0.3) is 5.91 Å². The van der Waals surface area contributed by atoms with Crippen LogP contribution in [0.4, 0.5) is 0 Å². The summed E-state index contributed by atoms with van der Waals surface area (Å²) in [6.07, 6.45) is -0.348. The molecule has 2 rings (SSSR count). The molecule has 0 saturated carbocycles. The Hall–Kier alpha value is -1.35. The maximum Gasteiger partial charge on any atom is 0.251 e. The Balaban J connectivity index is 2.10. The van der Waals surface area contributed by atoms with Gasteiger partial charge in [-0.05, 0) is 18.1 Å². The molecular formula is C12H15NO2. The van der Waals surface area contributed by atoms with E-state index in [1.165, 1.54) is 11.1 Å². The summed E-state index contributed by atoms with van der Waals surface area (Å²) in [4.78, 5) is 13.7. The van der Waals surface area contributed by atoms with Gasteiger partial charge in [0, 0.05) is 20.2 Å². The highest BCUT2D eigenvalue weighted by atomic mass is 16.5. The first-order valence-electron chi connectivity index (χ1n) is 5.10. The lowest BCUT2D eigenvalue weighted by Gasteiger charge is -2.19. The summed E-state index contributed by atoms with van der Waals surface area (Å²) in [5.74, 6) is 0.0636. The number of benzene rings is 1. The molecule has 0 aliphatic carbocycles. The minimum Gasteiger partial charge on any atom is -0.372 e. The molecule has 1 aliphatic rings. The highest BCUT2D eigenvalue weighted by Gasteiger charge is 2.26. The first-order chi connectivity index (χ1) is 7.22. The van der Waals surface area contributed by atoms with Crippen molar-refractivity contribution in [2.45, 2.75) is 26.1 Å². The monoisotopic (exact) mass is 205 g/mol. The topological polar surface area (TPSA) is 29.5 Å². The van der Waals surface area contributed by atoms with Crippen LogP contribution in [-0.2, 0) is 22.6 Å². The predicted octanol–water partition coefficient (Wildman–Crippen LogP) is 1.56. The van der Waals surface area contributed by atoms with Crippen LogP contribution < -0.4 is 0 Å². The molecule has 1 atom stereocenters. The lowest BCUT2D eigenvalue weighted by molar-refractivity contribution is -0.141. The average Bonchev–Trinajstić information content (AvgIpc) is 2.70. The number of fused-ring (bicyclic) bond motifs is 1. The second-order valence-corrected chi connectivity index (χ2v) is 3.84. The molecule has 0 fully saturated rings. The highest BCUT2D eigenvalue weighted by molar-refractivity contribution is 5.81. The number of ether oxygens (including phenoxy) is 1. The number of hydrogen-bond acceptors (Lipinski definition) is 2. The van der Waals surface area contributed by atoms with E-state index in [0.29, 0.717) is 13.1 Å². The number of amides is 1. The molecule has 0 aromatic heterocycles. The van der Waals surface area contributed by atoms with Crippen LogP contribution in [0.3, 0.4) is 0 Å². The van der Waals surface area contributed by atoms with Crippen molar-refractivity contribution in [2.75, 3.05) is 7.11 Å². The summed E-state index contributed by atoms with van der Waals surface area (Å²) in [6.45, 7) is 3.21. The molecule has 3 heteroatoms. The molecule has 0 spiro atoms. The van der Waals surface area contributed by atoms with Gasteiger partial charge >= 0.3 is 0 Å². The fourth-order valence-corrected chi connectivity index (χ4v) is 1.85. The molecule has 1 unspecified atom stereocenters. The van der Waals surface area contributed by atoms with Gasteiger partial charge in [0.2, 0.25) is 0 Å². The van der Waals surface area contributed by atoms with Gasteiger partial charge in [-0.2, -0.15) is 0 Å². The first kappa shape index (κ1) is 10.2. The molecule has 1 aromatic carbocycles. The van der Waals surface area contributed by atoms with Crippen molar-refractivity contribution < 1.29 is 9.53 Å². The van der Waals surface area contributed by atoms with Crippen molar-refractivity contribution in [1.29, 1.82) is 0 Å². The lowest BCUT2D eigenvalue weighted by atomic mass is 10.1. The predicted molar refractivity (Wildman–Crippen MR) is 57.2 cm³/mol. The Morgan fingerprint density at radius 1 is 1.33 bits per heavy atom. The summed E-state index contributed by atoms with van der Waals surface area (Å²) in [6, 6.07) is 8.15. The maximum absolute atomic E-state index is 11.8. The van der Waals surface area contributed by atoms with Gasteiger partial charge in [0.15, 0.2) is 0 Å². The van der Waals surface area contributed by atoms with Crippen LogP contribution in [0.2, 0.25) is 0 Å². The molecular weight excluding hydrogens is 190 g/mol. The molecule has 0 N–H and O–H groups in total. The van der Waals surface area contributed by atoms with Crippen LogP contribution in [-0.4, -0.2) is 24.0 Å². The van der Waals surface area contributed by atoms with Crippen molar-refractivity contribution in [2.24, 2.45) is 0 Å². The fourth-order valence-electron chi connectivity index (χ4n) is 1.85. The van der Waals surface area contributed by atoms with Crippen molar-refractivity contribution in [1.82, 2.24) is 4.90 Å². The van der Waals surface area contributed by atoms with Crippen LogP contribution in [0.15, 0.2) is 24.3 Å². The van der Waals surface area contributed by atoms with E-state index in [-0.39, 0.29) is 12.0 Å². The van der Waals surface area contributed by atoms with E-state index in [2.05, 4.69) is 12.1 Å². The van der Waals surface area contributed by atoms with Crippen molar-refractivity contribution in [3.63, 3.8) is 0 Å². The third-order valence-electron chi connectivity index (χ3n) is 2.85. The Morgan fingerprint density at radius 3 is 2.33 bits per heavy atom. The molecule has 0 bridgehead atoms. The zero-order chi connectivity index (χ0) is 10.8. The normalized spacial score (nSPS) is 16.3. The minimum absolute atomic E-state index is 0.0636. The number of carbonyl (C=O) groups excluding carboxylic acids is 1. The van der Waals surface area contributed by atoms with Gasteiger partial charge < -0.3 is 9.64 Å². The third-order valence-corrected chi connectivity index (χ3v) is 2.85. The molecule has 0 saturated heterocycles. The van der Waals surface area contributed by atoms with Crippen molar-refractivity contribution in [3.8, 4) is 0 Å². The molecule has 1 aromatic rings. The van der Waals surface area contributed by atoms with Gasteiger partial charge in [-0.1, -0.05) is 24.3 Å². The van der Waals surface area contributed by atoms with Gasteiger partial charge in [0.05, 0.1) is 0 Å². The Bertz CT molecular complexity index is 351. The standard InChI is InChI=1S/C12H15NO2/c1-9(15-2)12(14)13-7-10-5-3-4-6-11(10)8-13/h3-6,9H,7-8H2,1-2H3. The van der Waals surface area contributed by atoms with Crippen LogP contribution in [0, 0.1) is 0 Å². The smallest absolute Gasteiger partial charge is 0.251 e. The second-order valence-electron chi connectivity index (χ2n) is 3.84. The summed E-state index contributed by atoms with van der Waals surface area (Å²) >= 11 is 0. The van der Waals surface area contributed by atoms with Gasteiger partial charge in [0.1, 0.15) is 6.10 Å². The van der Waals surface area contributed by atoms with Crippen LogP contribution in [0.5, 0.6) is 0 Å². The van der Waals surface area contributed by atoms with E-state index in [1.807, 2.05) is 17.0 Å². The highest BCUT2D eigenvalue weighted by Crippen LogP contribution is 2.22. The van der Waals surface area contributed by atoms with Crippen molar-refractivity contribution >= 4 is 5.91 Å². The first-order valence-corrected chi connectivity index (χ1v) is 5.10. The zero-order valence-electron chi connectivity index (χ0n) is 9.06. The maximum atomic E-state index is 11.8. The van der Waals surface area contributed by atoms with Crippen LogP contribution >= 0.6 is 0 Å². The van der Waals surface area contributed by atoms with E-state index in [0.717, 1.165) is 0 Å². The van der Waals surface area contributed by atoms with E-state index in [4.69, 9.17) is 4.74 Å². The van der Waals surface area contributed by atoms with Crippen LogP contribution in [0.25, 0.3) is 0 Å². The van der Waals surface area contributed by atoms with Crippen molar-refractivity contribution in [3.05, 3.63) is 35.4 Å². The third kappa shape index (κ3) is 1.88. The van der Waals surface area contributed by atoms with E-state index in [1.54, 1.807) is 14.0 Å². The molecule has 1 heterocycles. The molecule has 1 aliphatic heterocycles. The Morgan fingerprint density at radius 2 is 1.87 bits per heavy atom. The number of hydrogen-bond donors (Lipinski definition) is 0. The Kier molecular flexibility index (Phi) is 2.73. The zero-order valence-corrected chi connectivity index (χ0v) is 9.06. The molecule has 15 heavy (non-hydrogen) atoms. The van der Waals surface area contributed by atoms with E-state index >= 15 is 0 Å². The largest absolute Gasteiger partial charge is 0.372 e. The number of methoxy groups -OCH3 is 1. The summed E-state index contributed by atoms with van der Waals surface area (Å²) < 4.78 is 5.03.